The summed E-state index contributed by atoms with van der Waals surface area (Å²) in [5.41, 5.74) is 0.862. The lowest BCUT2D eigenvalue weighted by molar-refractivity contribution is -0.116. The molecule has 0 aliphatic heterocycles. The summed E-state index contributed by atoms with van der Waals surface area (Å²) in [5.74, 6) is 0.154. The summed E-state index contributed by atoms with van der Waals surface area (Å²) >= 11 is 1.55. The SMILES string of the molecule is CC(=O)Cc1csc(NC(C)C)n1. The van der Waals surface area contributed by atoms with Crippen LogP contribution in [0.5, 0.6) is 0 Å². The second-order valence-corrected chi connectivity index (χ2v) is 4.18. The van der Waals surface area contributed by atoms with Crippen LogP contribution in [0.2, 0.25) is 0 Å². The van der Waals surface area contributed by atoms with Crippen LogP contribution in [0.15, 0.2) is 5.38 Å². The normalized spacial score (nSPS) is 10.5. The third kappa shape index (κ3) is 3.55. The first kappa shape index (κ1) is 10.2. The van der Waals surface area contributed by atoms with Crippen LogP contribution in [-0.2, 0) is 11.2 Å². The van der Waals surface area contributed by atoms with E-state index in [0.29, 0.717) is 12.5 Å². The first-order valence-electron chi connectivity index (χ1n) is 4.28. The molecule has 1 aromatic rings. The fourth-order valence-electron chi connectivity index (χ4n) is 0.956. The zero-order chi connectivity index (χ0) is 9.84. The molecule has 4 heteroatoms. The summed E-state index contributed by atoms with van der Waals surface area (Å²) in [6, 6.07) is 0.385. The molecule has 0 unspecified atom stereocenters. The fourth-order valence-corrected chi connectivity index (χ4v) is 1.81. The Balaban J connectivity index is 2.58. The molecular formula is C9H14N2OS. The van der Waals surface area contributed by atoms with Crippen LogP contribution < -0.4 is 5.32 Å². The number of carbonyl (C=O) groups is 1. The highest BCUT2D eigenvalue weighted by Gasteiger charge is 2.04. The average Bonchev–Trinajstić information content (AvgIpc) is 2.33. The molecular weight excluding hydrogens is 184 g/mol. The smallest absolute Gasteiger partial charge is 0.183 e. The summed E-state index contributed by atoms with van der Waals surface area (Å²) in [4.78, 5) is 15.1. The molecule has 3 nitrogen and oxygen atoms in total. The number of carbonyl (C=O) groups excluding carboxylic acids is 1. The maximum atomic E-state index is 10.8. The molecule has 0 aliphatic carbocycles. The van der Waals surface area contributed by atoms with Gasteiger partial charge in [0.15, 0.2) is 5.13 Å². The Hall–Kier alpha value is -0.900. The summed E-state index contributed by atoms with van der Waals surface area (Å²) in [6.07, 6.45) is 0.441. The lowest BCUT2D eigenvalue weighted by Crippen LogP contribution is -2.09. The van der Waals surface area contributed by atoms with Crippen molar-refractivity contribution in [2.24, 2.45) is 0 Å². The van der Waals surface area contributed by atoms with Crippen LogP contribution in [0.3, 0.4) is 0 Å². The Morgan fingerprint density at radius 1 is 1.69 bits per heavy atom. The van der Waals surface area contributed by atoms with Crippen molar-refractivity contribution in [3.8, 4) is 0 Å². The third-order valence-corrected chi connectivity index (χ3v) is 2.22. The van der Waals surface area contributed by atoms with Gasteiger partial charge in [-0.2, -0.15) is 0 Å². The number of hydrogen-bond donors (Lipinski definition) is 1. The first-order valence-corrected chi connectivity index (χ1v) is 5.16. The van der Waals surface area contributed by atoms with Crippen molar-refractivity contribution in [3.63, 3.8) is 0 Å². The van der Waals surface area contributed by atoms with Gasteiger partial charge in [0.25, 0.3) is 0 Å². The van der Waals surface area contributed by atoms with Gasteiger partial charge in [-0.15, -0.1) is 11.3 Å². The molecule has 13 heavy (non-hydrogen) atoms. The van der Waals surface area contributed by atoms with E-state index in [-0.39, 0.29) is 5.78 Å². The lowest BCUT2D eigenvalue weighted by Gasteiger charge is -2.04. The monoisotopic (exact) mass is 198 g/mol. The minimum absolute atomic E-state index is 0.154. The molecule has 0 aliphatic rings. The van der Waals surface area contributed by atoms with Gasteiger partial charge in [-0.1, -0.05) is 0 Å². The highest BCUT2D eigenvalue weighted by atomic mass is 32.1. The number of rotatable bonds is 4. The third-order valence-electron chi connectivity index (χ3n) is 1.39. The van der Waals surface area contributed by atoms with Crippen LogP contribution in [-0.4, -0.2) is 16.8 Å². The van der Waals surface area contributed by atoms with E-state index in [4.69, 9.17) is 0 Å². The Bertz CT molecular complexity index is 294. The van der Waals surface area contributed by atoms with Gasteiger partial charge >= 0.3 is 0 Å². The van der Waals surface area contributed by atoms with Crippen molar-refractivity contribution >= 4 is 22.3 Å². The van der Waals surface area contributed by atoms with Crippen molar-refractivity contribution < 1.29 is 4.79 Å². The van der Waals surface area contributed by atoms with E-state index in [2.05, 4.69) is 24.1 Å². The van der Waals surface area contributed by atoms with Crippen molar-refractivity contribution in [2.75, 3.05) is 5.32 Å². The minimum Gasteiger partial charge on any atom is -0.359 e. The van der Waals surface area contributed by atoms with E-state index in [1.54, 1.807) is 18.3 Å². The number of Topliss-reactive ketones (excluding diaryl/α,β-unsaturated/α-hetero) is 1. The molecule has 1 N–H and O–H groups in total. The van der Waals surface area contributed by atoms with E-state index in [9.17, 15) is 4.79 Å². The summed E-state index contributed by atoms with van der Waals surface area (Å²) in [7, 11) is 0. The highest BCUT2D eigenvalue weighted by Crippen LogP contribution is 2.16. The van der Waals surface area contributed by atoms with Crippen LogP contribution in [0.1, 0.15) is 26.5 Å². The van der Waals surface area contributed by atoms with Crippen molar-refractivity contribution in [1.82, 2.24) is 4.98 Å². The van der Waals surface area contributed by atoms with Gasteiger partial charge in [0.2, 0.25) is 0 Å². The summed E-state index contributed by atoms with van der Waals surface area (Å²) in [5, 5.41) is 6.01. The van der Waals surface area contributed by atoms with Gasteiger partial charge in [0.05, 0.1) is 5.69 Å². The van der Waals surface area contributed by atoms with Gasteiger partial charge in [-0.25, -0.2) is 4.98 Å². The second-order valence-electron chi connectivity index (χ2n) is 3.32. The zero-order valence-corrected chi connectivity index (χ0v) is 8.94. The van der Waals surface area contributed by atoms with Gasteiger partial charge < -0.3 is 5.32 Å². The number of hydrogen-bond acceptors (Lipinski definition) is 4. The van der Waals surface area contributed by atoms with Gasteiger partial charge in [-0.3, -0.25) is 4.79 Å². The van der Waals surface area contributed by atoms with Gasteiger partial charge in [0, 0.05) is 17.8 Å². The number of thiazole rings is 1. The number of ketones is 1. The molecule has 0 aromatic carbocycles. The molecule has 0 bridgehead atoms. The van der Waals surface area contributed by atoms with Crippen LogP contribution in [0, 0.1) is 0 Å². The Morgan fingerprint density at radius 2 is 2.38 bits per heavy atom. The van der Waals surface area contributed by atoms with Gasteiger partial charge in [0.1, 0.15) is 5.78 Å². The second kappa shape index (κ2) is 4.37. The summed E-state index contributed by atoms with van der Waals surface area (Å²) in [6.45, 7) is 5.70. The molecule has 1 heterocycles. The first-order chi connectivity index (χ1) is 6.08. The number of nitrogens with one attached hydrogen (secondary N) is 1. The van der Waals surface area contributed by atoms with Crippen molar-refractivity contribution in [2.45, 2.75) is 33.2 Å². The molecule has 0 saturated heterocycles. The Kier molecular flexibility index (Phi) is 3.42. The van der Waals surface area contributed by atoms with Crippen LogP contribution in [0.4, 0.5) is 5.13 Å². The fraction of sp³-hybridized carbons (Fsp3) is 0.556. The van der Waals surface area contributed by atoms with Crippen LogP contribution in [0.25, 0.3) is 0 Å². The average molecular weight is 198 g/mol. The number of aromatic nitrogens is 1. The molecule has 1 rings (SSSR count). The van der Waals surface area contributed by atoms with E-state index in [1.807, 2.05) is 5.38 Å². The van der Waals surface area contributed by atoms with Gasteiger partial charge in [-0.05, 0) is 20.8 Å². The predicted molar refractivity (Wildman–Crippen MR) is 55.3 cm³/mol. The maximum Gasteiger partial charge on any atom is 0.183 e. The molecule has 72 valence electrons. The molecule has 0 radical (unpaired) electrons. The molecule has 0 amide bonds. The molecule has 0 atom stereocenters. The minimum atomic E-state index is 0.154. The Morgan fingerprint density at radius 3 is 2.92 bits per heavy atom. The predicted octanol–water partition coefficient (Wildman–Crippen LogP) is 2.09. The lowest BCUT2D eigenvalue weighted by atomic mass is 10.3. The van der Waals surface area contributed by atoms with Crippen molar-refractivity contribution in [1.29, 1.82) is 0 Å². The maximum absolute atomic E-state index is 10.8. The highest BCUT2D eigenvalue weighted by molar-refractivity contribution is 7.13. The number of nitrogens with zero attached hydrogens (tertiary/aromatic N) is 1. The van der Waals surface area contributed by atoms with Crippen LogP contribution >= 0.6 is 11.3 Å². The van der Waals surface area contributed by atoms with Crippen molar-refractivity contribution in [3.05, 3.63) is 11.1 Å². The molecule has 0 spiro atoms. The van der Waals surface area contributed by atoms with E-state index >= 15 is 0 Å². The molecule has 0 fully saturated rings. The summed E-state index contributed by atoms with van der Waals surface area (Å²) < 4.78 is 0. The van der Waals surface area contributed by atoms with E-state index in [0.717, 1.165) is 10.8 Å². The Labute approximate surface area is 82.2 Å². The molecule has 1 aromatic heterocycles. The van der Waals surface area contributed by atoms with E-state index in [1.165, 1.54) is 0 Å². The standard InChI is InChI=1S/C9H14N2OS/c1-6(2)10-9-11-8(5-13-9)4-7(3)12/h5-6H,4H2,1-3H3,(H,10,11). The topological polar surface area (TPSA) is 42.0 Å². The quantitative estimate of drug-likeness (QED) is 0.805. The molecule has 0 saturated carbocycles. The number of anilines is 1. The largest absolute Gasteiger partial charge is 0.359 e. The zero-order valence-electron chi connectivity index (χ0n) is 8.13. The van der Waals surface area contributed by atoms with E-state index < -0.39 is 0 Å².